The first-order valence-corrected chi connectivity index (χ1v) is 6.44. The number of nitrogens with zero attached hydrogens (tertiary/aromatic N) is 1. The third kappa shape index (κ3) is 1.98. The van der Waals surface area contributed by atoms with Gasteiger partial charge in [0.15, 0.2) is 0 Å². The smallest absolute Gasteiger partial charge is 0.126 e. The molecular formula is C17H15NO. The van der Waals surface area contributed by atoms with E-state index >= 15 is 0 Å². The molecule has 0 aromatic heterocycles. The SMILES string of the molecule is COc1ccccc1-c1cccc(C2(C#N)CC2)c1. The highest BCUT2D eigenvalue weighted by molar-refractivity contribution is 5.71. The minimum Gasteiger partial charge on any atom is -0.496 e. The first kappa shape index (κ1) is 11.8. The average Bonchev–Trinajstić information content (AvgIpc) is 3.28. The molecule has 2 nitrogen and oxygen atoms in total. The summed E-state index contributed by atoms with van der Waals surface area (Å²) in [4.78, 5) is 0. The Hall–Kier alpha value is -2.27. The quantitative estimate of drug-likeness (QED) is 0.826. The number of ether oxygens (including phenoxy) is 1. The average molecular weight is 249 g/mol. The topological polar surface area (TPSA) is 33.0 Å². The van der Waals surface area contributed by atoms with Crippen LogP contribution in [-0.4, -0.2) is 7.11 Å². The molecule has 3 rings (SSSR count). The first-order valence-electron chi connectivity index (χ1n) is 6.44. The van der Waals surface area contributed by atoms with E-state index in [0.29, 0.717) is 0 Å². The number of rotatable bonds is 3. The third-order valence-electron chi connectivity index (χ3n) is 3.80. The monoisotopic (exact) mass is 249 g/mol. The number of methoxy groups -OCH3 is 1. The summed E-state index contributed by atoms with van der Waals surface area (Å²) >= 11 is 0. The molecule has 0 aliphatic heterocycles. The Morgan fingerprint density at radius 3 is 2.58 bits per heavy atom. The van der Waals surface area contributed by atoms with Crippen molar-refractivity contribution >= 4 is 0 Å². The van der Waals surface area contributed by atoms with Crippen molar-refractivity contribution in [1.82, 2.24) is 0 Å². The van der Waals surface area contributed by atoms with E-state index in [2.05, 4.69) is 24.3 Å². The Morgan fingerprint density at radius 1 is 1.11 bits per heavy atom. The van der Waals surface area contributed by atoms with Crippen LogP contribution in [0.5, 0.6) is 5.75 Å². The lowest BCUT2D eigenvalue weighted by molar-refractivity contribution is 0.416. The molecule has 0 spiro atoms. The standard InChI is InChI=1S/C17H15NO/c1-19-16-8-3-2-7-15(16)13-5-4-6-14(11-13)17(12-18)9-10-17/h2-8,11H,9-10H2,1H3. The lowest BCUT2D eigenvalue weighted by atomic mass is 9.93. The van der Waals surface area contributed by atoms with Gasteiger partial charge in [-0.2, -0.15) is 5.26 Å². The summed E-state index contributed by atoms with van der Waals surface area (Å²) in [5, 5.41) is 9.30. The normalized spacial score (nSPS) is 15.6. The third-order valence-corrected chi connectivity index (χ3v) is 3.80. The Kier molecular flexibility index (Phi) is 2.76. The Morgan fingerprint density at radius 2 is 1.89 bits per heavy atom. The van der Waals surface area contributed by atoms with Crippen molar-refractivity contribution < 1.29 is 4.74 Å². The van der Waals surface area contributed by atoms with E-state index in [1.165, 1.54) is 0 Å². The predicted octanol–water partition coefficient (Wildman–Crippen LogP) is 3.92. The van der Waals surface area contributed by atoms with Gasteiger partial charge in [-0.3, -0.25) is 0 Å². The summed E-state index contributed by atoms with van der Waals surface area (Å²) in [6.07, 6.45) is 1.94. The van der Waals surface area contributed by atoms with Crippen LogP contribution in [0.15, 0.2) is 48.5 Å². The lowest BCUT2D eigenvalue weighted by Gasteiger charge is -2.11. The van der Waals surface area contributed by atoms with Crippen LogP contribution in [0.25, 0.3) is 11.1 Å². The molecule has 0 saturated heterocycles. The fourth-order valence-corrected chi connectivity index (χ4v) is 2.46. The molecule has 0 atom stereocenters. The van der Waals surface area contributed by atoms with Crippen molar-refractivity contribution in [2.24, 2.45) is 0 Å². The van der Waals surface area contributed by atoms with E-state index in [-0.39, 0.29) is 5.41 Å². The second-order valence-electron chi connectivity index (χ2n) is 4.97. The van der Waals surface area contributed by atoms with Crippen LogP contribution in [-0.2, 0) is 5.41 Å². The number of hydrogen-bond acceptors (Lipinski definition) is 2. The van der Waals surface area contributed by atoms with Gasteiger partial charge in [-0.05, 0) is 36.1 Å². The molecule has 1 fully saturated rings. The molecule has 2 aromatic rings. The molecule has 0 N–H and O–H groups in total. The van der Waals surface area contributed by atoms with E-state index in [0.717, 1.165) is 35.3 Å². The Labute approximate surface area is 113 Å². The molecule has 0 heterocycles. The van der Waals surface area contributed by atoms with E-state index in [1.54, 1.807) is 7.11 Å². The van der Waals surface area contributed by atoms with Gasteiger partial charge in [0.2, 0.25) is 0 Å². The molecule has 2 aromatic carbocycles. The van der Waals surface area contributed by atoms with Crippen molar-refractivity contribution in [1.29, 1.82) is 5.26 Å². The van der Waals surface area contributed by atoms with Crippen molar-refractivity contribution in [3.8, 4) is 22.9 Å². The van der Waals surface area contributed by atoms with Gasteiger partial charge in [-0.25, -0.2) is 0 Å². The van der Waals surface area contributed by atoms with Crippen LogP contribution in [0.4, 0.5) is 0 Å². The minimum atomic E-state index is -0.238. The van der Waals surface area contributed by atoms with Gasteiger partial charge < -0.3 is 4.74 Å². The summed E-state index contributed by atoms with van der Waals surface area (Å²) < 4.78 is 5.40. The van der Waals surface area contributed by atoms with Gasteiger partial charge in [-0.1, -0.05) is 36.4 Å². The van der Waals surface area contributed by atoms with Crippen LogP contribution in [0, 0.1) is 11.3 Å². The Balaban J connectivity index is 2.07. The van der Waals surface area contributed by atoms with Crippen molar-refractivity contribution in [3.05, 3.63) is 54.1 Å². The fraction of sp³-hybridized carbons (Fsp3) is 0.235. The van der Waals surface area contributed by atoms with Gasteiger partial charge in [0, 0.05) is 5.56 Å². The molecule has 1 aliphatic carbocycles. The van der Waals surface area contributed by atoms with Crippen molar-refractivity contribution in [2.45, 2.75) is 18.3 Å². The summed E-state index contributed by atoms with van der Waals surface area (Å²) in [5.74, 6) is 0.862. The summed E-state index contributed by atoms with van der Waals surface area (Å²) in [7, 11) is 1.68. The lowest BCUT2D eigenvalue weighted by Crippen LogP contribution is -2.02. The van der Waals surface area contributed by atoms with Gasteiger partial charge in [-0.15, -0.1) is 0 Å². The van der Waals surface area contributed by atoms with Crippen LogP contribution in [0.1, 0.15) is 18.4 Å². The molecular weight excluding hydrogens is 234 g/mol. The predicted molar refractivity (Wildman–Crippen MR) is 75.0 cm³/mol. The van der Waals surface area contributed by atoms with Gasteiger partial charge in [0.25, 0.3) is 0 Å². The fourth-order valence-electron chi connectivity index (χ4n) is 2.46. The summed E-state index contributed by atoms with van der Waals surface area (Å²) in [5.41, 5.74) is 3.06. The molecule has 0 amide bonds. The van der Waals surface area contributed by atoms with Gasteiger partial charge in [0.1, 0.15) is 5.75 Å². The van der Waals surface area contributed by atoms with Crippen LogP contribution >= 0.6 is 0 Å². The largest absolute Gasteiger partial charge is 0.496 e. The highest BCUT2D eigenvalue weighted by atomic mass is 16.5. The van der Waals surface area contributed by atoms with E-state index < -0.39 is 0 Å². The number of nitriles is 1. The zero-order valence-corrected chi connectivity index (χ0v) is 10.9. The highest BCUT2D eigenvalue weighted by Gasteiger charge is 2.44. The molecule has 19 heavy (non-hydrogen) atoms. The molecule has 0 bridgehead atoms. The Bertz CT molecular complexity index is 650. The molecule has 1 saturated carbocycles. The maximum absolute atomic E-state index is 9.30. The first-order chi connectivity index (χ1) is 9.29. The van der Waals surface area contributed by atoms with Crippen LogP contribution in [0.2, 0.25) is 0 Å². The summed E-state index contributed by atoms with van der Waals surface area (Å²) in [6.45, 7) is 0. The number of para-hydroxylation sites is 1. The minimum absolute atomic E-state index is 0.238. The second kappa shape index (κ2) is 4.44. The zero-order valence-electron chi connectivity index (χ0n) is 10.9. The van der Waals surface area contributed by atoms with Crippen molar-refractivity contribution in [3.63, 3.8) is 0 Å². The summed E-state index contributed by atoms with van der Waals surface area (Å²) in [6, 6.07) is 18.7. The highest BCUT2D eigenvalue weighted by Crippen LogP contribution is 2.48. The zero-order chi connectivity index (χ0) is 13.3. The molecule has 0 radical (unpaired) electrons. The second-order valence-corrected chi connectivity index (χ2v) is 4.97. The molecule has 2 heteroatoms. The van der Waals surface area contributed by atoms with E-state index in [9.17, 15) is 5.26 Å². The van der Waals surface area contributed by atoms with E-state index in [1.807, 2.05) is 30.3 Å². The van der Waals surface area contributed by atoms with Gasteiger partial charge in [0.05, 0.1) is 18.6 Å². The number of hydrogen-bond donors (Lipinski definition) is 0. The maximum atomic E-state index is 9.30. The van der Waals surface area contributed by atoms with E-state index in [4.69, 9.17) is 4.74 Å². The molecule has 0 unspecified atom stereocenters. The van der Waals surface area contributed by atoms with Crippen molar-refractivity contribution in [2.75, 3.05) is 7.11 Å². The van der Waals surface area contributed by atoms with Gasteiger partial charge >= 0.3 is 0 Å². The van der Waals surface area contributed by atoms with Crippen LogP contribution < -0.4 is 4.74 Å². The molecule has 1 aliphatic rings. The molecule has 94 valence electrons. The van der Waals surface area contributed by atoms with Crippen LogP contribution in [0.3, 0.4) is 0 Å². The maximum Gasteiger partial charge on any atom is 0.126 e. The number of benzene rings is 2.